The molecule has 0 N–H and O–H groups in total. The van der Waals surface area contributed by atoms with Crippen LogP contribution in [0.3, 0.4) is 0 Å². The van der Waals surface area contributed by atoms with Crippen molar-refractivity contribution in [3.63, 3.8) is 0 Å². The Morgan fingerprint density at radius 1 is 1.00 bits per heavy atom. The van der Waals surface area contributed by atoms with Gasteiger partial charge in [0.05, 0.1) is 0 Å². The van der Waals surface area contributed by atoms with E-state index in [1.54, 1.807) is 0 Å². The van der Waals surface area contributed by atoms with Gasteiger partial charge in [0.2, 0.25) is 0 Å². The van der Waals surface area contributed by atoms with Crippen LogP contribution >= 0.6 is 0 Å². The molecule has 0 spiro atoms. The van der Waals surface area contributed by atoms with Crippen LogP contribution in [0.1, 0.15) is 38.2 Å². The van der Waals surface area contributed by atoms with Crippen molar-refractivity contribution < 1.29 is 0 Å². The van der Waals surface area contributed by atoms with Crippen molar-refractivity contribution in [2.45, 2.75) is 39.0 Å². The number of rotatable bonds is 5. The molecule has 0 aromatic heterocycles. The molecule has 0 unspecified atom stereocenters. The van der Waals surface area contributed by atoms with Gasteiger partial charge in [-0.15, -0.1) is 0 Å². The third-order valence-corrected chi connectivity index (χ3v) is 2.44. The van der Waals surface area contributed by atoms with Gasteiger partial charge < -0.3 is 0 Å². The normalized spacial score (nSPS) is 10.4. The third-order valence-electron chi connectivity index (χ3n) is 2.44. The Morgan fingerprint density at radius 2 is 1.69 bits per heavy atom. The first-order chi connectivity index (χ1) is 6.33. The second-order valence-corrected chi connectivity index (χ2v) is 3.80. The van der Waals surface area contributed by atoms with Crippen molar-refractivity contribution >= 4 is 22.0 Å². The van der Waals surface area contributed by atoms with Crippen molar-refractivity contribution in [1.82, 2.24) is 0 Å². The molecule has 0 fully saturated rings. The summed E-state index contributed by atoms with van der Waals surface area (Å²) in [6.07, 6.45) is 6.68. The molecule has 0 bridgehead atoms. The van der Waals surface area contributed by atoms with Crippen molar-refractivity contribution in [3.05, 3.63) is 29.8 Å². The Hall–Kier alpha value is -0.183. The average molecular weight is 168 g/mol. The summed E-state index contributed by atoms with van der Waals surface area (Å²) in [5.41, 5.74) is 1.49. The zero-order valence-electron chi connectivity index (χ0n) is 8.84. The molecule has 0 saturated carbocycles. The summed E-state index contributed by atoms with van der Waals surface area (Å²) < 4.78 is 1.36. The molecule has 1 aromatic carbocycles. The molecule has 1 heteroatoms. The molecular formula is C12H17Li. The average Bonchev–Trinajstić information content (AvgIpc) is 2.15. The van der Waals surface area contributed by atoms with Gasteiger partial charge >= 0.3 is 90.8 Å². The van der Waals surface area contributed by atoms with E-state index in [0.717, 1.165) is 0 Å². The van der Waals surface area contributed by atoms with E-state index >= 15 is 0 Å². The zero-order valence-corrected chi connectivity index (χ0v) is 8.84. The number of hydrogen-bond donors (Lipinski definition) is 0. The van der Waals surface area contributed by atoms with Crippen LogP contribution in [0.25, 0.3) is 0 Å². The third kappa shape index (κ3) is 4.55. The zero-order chi connectivity index (χ0) is 9.52. The summed E-state index contributed by atoms with van der Waals surface area (Å²) in [6, 6.07) is 8.91. The quantitative estimate of drug-likeness (QED) is 0.468. The molecule has 0 nitrogen and oxygen atoms in total. The van der Waals surface area contributed by atoms with Crippen LogP contribution in [-0.4, -0.2) is 17.7 Å². The predicted molar refractivity (Wildman–Crippen MR) is 59.7 cm³/mol. The number of unbranched alkanes of at least 4 members (excludes halogenated alkanes) is 3. The molecular weight excluding hydrogens is 151 g/mol. The Labute approximate surface area is 90.9 Å². The fraction of sp³-hybridized carbons (Fsp3) is 0.500. The molecule has 0 amide bonds. The topological polar surface area (TPSA) is 0 Å². The van der Waals surface area contributed by atoms with E-state index in [-0.39, 0.29) is 0 Å². The monoisotopic (exact) mass is 168 g/mol. The Morgan fingerprint density at radius 3 is 2.31 bits per heavy atom. The summed E-state index contributed by atoms with van der Waals surface area (Å²) in [6.45, 7) is 2.26. The van der Waals surface area contributed by atoms with Crippen LogP contribution in [0.4, 0.5) is 0 Å². The SMILES string of the molecule is [Li][c]1ccc(CCCCCC)cc1. The maximum absolute atomic E-state index is 2.26. The Bertz CT molecular complexity index is 225. The molecule has 0 aliphatic heterocycles. The second-order valence-electron chi connectivity index (χ2n) is 3.80. The summed E-state index contributed by atoms with van der Waals surface area (Å²) in [4.78, 5) is 0. The number of benzene rings is 1. The van der Waals surface area contributed by atoms with Crippen molar-refractivity contribution in [2.75, 3.05) is 0 Å². The molecule has 1 aromatic rings. The molecule has 0 saturated heterocycles. The Balaban J connectivity index is 2.25. The van der Waals surface area contributed by atoms with Gasteiger partial charge in [-0.1, -0.05) is 0 Å². The van der Waals surface area contributed by atoms with Gasteiger partial charge in [0.1, 0.15) is 0 Å². The van der Waals surface area contributed by atoms with E-state index in [9.17, 15) is 0 Å². The van der Waals surface area contributed by atoms with Crippen LogP contribution < -0.4 is 4.24 Å². The molecule has 0 radical (unpaired) electrons. The summed E-state index contributed by atoms with van der Waals surface area (Å²) in [5.74, 6) is 0. The molecule has 0 aliphatic carbocycles. The van der Waals surface area contributed by atoms with Crippen LogP contribution in [0.5, 0.6) is 0 Å². The predicted octanol–water partition coefficient (Wildman–Crippen LogP) is 2.60. The minimum absolute atomic E-state index is 1.25. The van der Waals surface area contributed by atoms with Crippen molar-refractivity contribution in [1.29, 1.82) is 0 Å². The number of aryl methyl sites for hydroxylation is 1. The van der Waals surface area contributed by atoms with Crippen molar-refractivity contribution in [2.24, 2.45) is 0 Å². The van der Waals surface area contributed by atoms with Crippen LogP contribution in [-0.2, 0) is 6.42 Å². The molecule has 0 heterocycles. The van der Waals surface area contributed by atoms with Gasteiger partial charge in [0.25, 0.3) is 0 Å². The first-order valence-corrected chi connectivity index (χ1v) is 5.38. The fourth-order valence-electron chi connectivity index (χ4n) is 1.51. The van der Waals surface area contributed by atoms with Gasteiger partial charge in [0, 0.05) is 0 Å². The first-order valence-electron chi connectivity index (χ1n) is 5.38. The number of hydrogen-bond acceptors (Lipinski definition) is 0. The van der Waals surface area contributed by atoms with E-state index in [2.05, 4.69) is 48.9 Å². The summed E-state index contributed by atoms with van der Waals surface area (Å²) >= 11 is 2.14. The Kier molecular flexibility index (Phi) is 5.28. The standard InChI is InChI=1S/C12H17.Li/c1-2-3-4-6-9-12-10-7-5-8-11-12;/h7-8,10-11H,2-4,6,9H2,1H3;. The van der Waals surface area contributed by atoms with E-state index in [1.807, 2.05) is 0 Å². The molecule has 66 valence electrons. The summed E-state index contributed by atoms with van der Waals surface area (Å²) in [5, 5.41) is 0. The van der Waals surface area contributed by atoms with Gasteiger partial charge in [-0.05, 0) is 0 Å². The maximum atomic E-state index is 2.26. The van der Waals surface area contributed by atoms with E-state index in [4.69, 9.17) is 0 Å². The van der Waals surface area contributed by atoms with Crippen LogP contribution in [0.2, 0.25) is 0 Å². The van der Waals surface area contributed by atoms with Gasteiger partial charge in [-0.25, -0.2) is 0 Å². The van der Waals surface area contributed by atoms with Gasteiger partial charge in [0.15, 0.2) is 0 Å². The van der Waals surface area contributed by atoms with E-state index in [1.165, 1.54) is 41.9 Å². The fourth-order valence-corrected chi connectivity index (χ4v) is 1.51. The van der Waals surface area contributed by atoms with Crippen LogP contribution in [0, 0.1) is 0 Å². The van der Waals surface area contributed by atoms with Crippen molar-refractivity contribution in [3.8, 4) is 0 Å². The van der Waals surface area contributed by atoms with E-state index < -0.39 is 0 Å². The first kappa shape index (κ1) is 10.9. The second kappa shape index (κ2) is 6.30. The minimum atomic E-state index is 1.25. The molecule has 0 aliphatic rings. The molecule has 1 rings (SSSR count). The van der Waals surface area contributed by atoms with E-state index in [0.29, 0.717) is 0 Å². The molecule has 13 heavy (non-hydrogen) atoms. The van der Waals surface area contributed by atoms with Gasteiger partial charge in [-0.2, -0.15) is 0 Å². The van der Waals surface area contributed by atoms with Gasteiger partial charge in [-0.3, -0.25) is 0 Å². The summed E-state index contributed by atoms with van der Waals surface area (Å²) in [7, 11) is 0. The molecule has 0 atom stereocenters. The van der Waals surface area contributed by atoms with Crippen LogP contribution in [0.15, 0.2) is 24.3 Å².